The number of hydrogen-bond donors (Lipinski definition) is 2. The van der Waals surface area contributed by atoms with Gasteiger partial charge in [-0.2, -0.15) is 0 Å². The lowest BCUT2D eigenvalue weighted by molar-refractivity contribution is 0.251. The summed E-state index contributed by atoms with van der Waals surface area (Å²) in [4.78, 5) is 12.0. The molecule has 2 N–H and O–H groups in total. The SMILES string of the molecule is COc1ccccc1CNC(=O)Nc1c(C)cccc1C. The van der Waals surface area contributed by atoms with E-state index >= 15 is 0 Å². The zero-order valence-electron chi connectivity index (χ0n) is 12.6. The molecule has 21 heavy (non-hydrogen) atoms. The number of carbonyl (C=O) groups excluding carboxylic acids is 1. The molecule has 2 aromatic carbocycles. The summed E-state index contributed by atoms with van der Waals surface area (Å²) in [5.74, 6) is 0.768. The quantitative estimate of drug-likeness (QED) is 0.900. The van der Waals surface area contributed by atoms with Gasteiger partial charge in [0.25, 0.3) is 0 Å². The maximum atomic E-state index is 12.0. The minimum Gasteiger partial charge on any atom is -0.496 e. The van der Waals surface area contributed by atoms with Crippen LogP contribution in [0.4, 0.5) is 10.5 Å². The van der Waals surface area contributed by atoms with Crippen LogP contribution in [0.2, 0.25) is 0 Å². The Kier molecular flexibility index (Phi) is 4.82. The number of methoxy groups -OCH3 is 1. The molecule has 2 rings (SSSR count). The van der Waals surface area contributed by atoms with Gasteiger partial charge < -0.3 is 15.4 Å². The minimum absolute atomic E-state index is 0.224. The molecular formula is C17H20N2O2. The molecule has 0 aromatic heterocycles. The van der Waals surface area contributed by atoms with Gasteiger partial charge in [0.15, 0.2) is 0 Å². The Morgan fingerprint density at radius 3 is 2.38 bits per heavy atom. The Labute approximate surface area is 125 Å². The van der Waals surface area contributed by atoms with Gasteiger partial charge in [0.2, 0.25) is 0 Å². The Morgan fingerprint density at radius 1 is 1.05 bits per heavy atom. The van der Waals surface area contributed by atoms with Crippen LogP contribution < -0.4 is 15.4 Å². The van der Waals surface area contributed by atoms with E-state index in [2.05, 4.69) is 10.6 Å². The van der Waals surface area contributed by atoms with Gasteiger partial charge in [-0.3, -0.25) is 0 Å². The largest absolute Gasteiger partial charge is 0.496 e. The maximum absolute atomic E-state index is 12.0. The summed E-state index contributed by atoms with van der Waals surface area (Å²) in [7, 11) is 1.62. The first-order valence-electron chi connectivity index (χ1n) is 6.84. The lowest BCUT2D eigenvalue weighted by Gasteiger charge is -2.13. The van der Waals surface area contributed by atoms with E-state index in [1.807, 2.05) is 56.3 Å². The van der Waals surface area contributed by atoms with Crippen molar-refractivity contribution >= 4 is 11.7 Å². The number of rotatable bonds is 4. The van der Waals surface area contributed by atoms with E-state index in [9.17, 15) is 4.79 Å². The molecule has 0 spiro atoms. The second-order valence-electron chi connectivity index (χ2n) is 4.89. The van der Waals surface area contributed by atoms with Gasteiger partial charge in [-0.05, 0) is 31.0 Å². The van der Waals surface area contributed by atoms with Crippen molar-refractivity contribution in [2.24, 2.45) is 0 Å². The van der Waals surface area contributed by atoms with E-state index in [0.717, 1.165) is 28.1 Å². The first-order chi connectivity index (χ1) is 10.1. The molecule has 0 aliphatic rings. The van der Waals surface area contributed by atoms with Crippen molar-refractivity contribution in [1.82, 2.24) is 5.32 Å². The van der Waals surface area contributed by atoms with E-state index in [1.54, 1.807) is 7.11 Å². The summed E-state index contributed by atoms with van der Waals surface area (Å²) in [5.41, 5.74) is 3.89. The summed E-state index contributed by atoms with van der Waals surface area (Å²) in [6, 6.07) is 13.3. The number of para-hydroxylation sites is 2. The molecule has 4 nitrogen and oxygen atoms in total. The van der Waals surface area contributed by atoms with Gasteiger partial charge in [0.1, 0.15) is 5.75 Å². The smallest absolute Gasteiger partial charge is 0.319 e. The fourth-order valence-electron chi connectivity index (χ4n) is 2.19. The molecule has 0 saturated heterocycles. The second kappa shape index (κ2) is 6.79. The predicted octanol–water partition coefficient (Wildman–Crippen LogP) is 3.63. The van der Waals surface area contributed by atoms with E-state index in [-0.39, 0.29) is 6.03 Å². The molecule has 4 heteroatoms. The van der Waals surface area contributed by atoms with Crippen molar-refractivity contribution in [2.75, 3.05) is 12.4 Å². The summed E-state index contributed by atoms with van der Waals surface area (Å²) in [5, 5.41) is 5.74. The molecular weight excluding hydrogens is 264 g/mol. The summed E-state index contributed by atoms with van der Waals surface area (Å²) in [6.07, 6.45) is 0. The topological polar surface area (TPSA) is 50.4 Å². The van der Waals surface area contributed by atoms with Gasteiger partial charge in [-0.25, -0.2) is 4.79 Å². The predicted molar refractivity (Wildman–Crippen MR) is 84.8 cm³/mol. The molecule has 110 valence electrons. The number of anilines is 1. The minimum atomic E-state index is -0.224. The van der Waals surface area contributed by atoms with Gasteiger partial charge in [-0.1, -0.05) is 36.4 Å². The van der Waals surface area contributed by atoms with Gasteiger partial charge in [0.05, 0.1) is 7.11 Å². The Morgan fingerprint density at radius 2 is 1.71 bits per heavy atom. The summed E-state index contributed by atoms with van der Waals surface area (Å²) in [6.45, 7) is 4.37. The van der Waals surface area contributed by atoms with Crippen molar-refractivity contribution in [2.45, 2.75) is 20.4 Å². The molecule has 0 radical (unpaired) electrons. The van der Waals surface area contributed by atoms with E-state index < -0.39 is 0 Å². The van der Waals surface area contributed by atoms with Crippen molar-refractivity contribution < 1.29 is 9.53 Å². The van der Waals surface area contributed by atoms with Crippen LogP contribution in [0.5, 0.6) is 5.75 Å². The van der Waals surface area contributed by atoms with Crippen LogP contribution in [0.15, 0.2) is 42.5 Å². The molecule has 0 heterocycles. The number of carbonyl (C=O) groups is 1. The number of urea groups is 1. The highest BCUT2D eigenvalue weighted by molar-refractivity contribution is 5.90. The Balaban J connectivity index is 1.99. The van der Waals surface area contributed by atoms with Crippen molar-refractivity contribution in [3.05, 3.63) is 59.2 Å². The first kappa shape index (κ1) is 14.9. The fraction of sp³-hybridized carbons (Fsp3) is 0.235. The highest BCUT2D eigenvalue weighted by atomic mass is 16.5. The lowest BCUT2D eigenvalue weighted by Crippen LogP contribution is -2.29. The Bertz CT molecular complexity index is 618. The molecule has 2 amide bonds. The van der Waals surface area contributed by atoms with Crippen LogP contribution in [0, 0.1) is 13.8 Å². The Hall–Kier alpha value is -2.49. The molecule has 0 bridgehead atoms. The monoisotopic (exact) mass is 284 g/mol. The van der Waals surface area contributed by atoms with Crippen LogP contribution in [-0.4, -0.2) is 13.1 Å². The molecule has 0 atom stereocenters. The normalized spacial score (nSPS) is 10.0. The number of hydrogen-bond acceptors (Lipinski definition) is 2. The van der Waals surface area contributed by atoms with Crippen molar-refractivity contribution in [1.29, 1.82) is 0 Å². The van der Waals surface area contributed by atoms with Gasteiger partial charge in [-0.15, -0.1) is 0 Å². The number of benzene rings is 2. The molecule has 0 fully saturated rings. The lowest BCUT2D eigenvalue weighted by atomic mass is 10.1. The second-order valence-corrected chi connectivity index (χ2v) is 4.89. The summed E-state index contributed by atoms with van der Waals surface area (Å²) >= 11 is 0. The molecule has 2 aromatic rings. The average Bonchev–Trinajstić information content (AvgIpc) is 2.49. The molecule has 0 saturated carbocycles. The average molecular weight is 284 g/mol. The number of amides is 2. The van der Waals surface area contributed by atoms with Crippen molar-refractivity contribution in [3.63, 3.8) is 0 Å². The third-order valence-electron chi connectivity index (χ3n) is 3.35. The number of nitrogens with one attached hydrogen (secondary N) is 2. The third-order valence-corrected chi connectivity index (χ3v) is 3.35. The van der Waals surface area contributed by atoms with Crippen LogP contribution in [0.1, 0.15) is 16.7 Å². The number of ether oxygens (including phenoxy) is 1. The zero-order chi connectivity index (χ0) is 15.2. The summed E-state index contributed by atoms with van der Waals surface area (Å²) < 4.78 is 5.26. The van der Waals surface area contributed by atoms with Crippen LogP contribution in [0.3, 0.4) is 0 Å². The zero-order valence-corrected chi connectivity index (χ0v) is 12.6. The first-order valence-corrected chi connectivity index (χ1v) is 6.84. The van der Waals surface area contributed by atoms with E-state index in [4.69, 9.17) is 4.74 Å². The molecule has 0 unspecified atom stereocenters. The van der Waals surface area contributed by atoms with Crippen LogP contribution >= 0.6 is 0 Å². The highest BCUT2D eigenvalue weighted by Crippen LogP contribution is 2.20. The van der Waals surface area contributed by atoms with Gasteiger partial charge in [0, 0.05) is 17.8 Å². The van der Waals surface area contributed by atoms with E-state index in [1.165, 1.54) is 0 Å². The molecule has 0 aliphatic carbocycles. The van der Waals surface area contributed by atoms with E-state index in [0.29, 0.717) is 6.54 Å². The standard InChI is InChI=1S/C17H20N2O2/c1-12-7-6-8-13(2)16(12)19-17(20)18-11-14-9-4-5-10-15(14)21-3/h4-10H,11H2,1-3H3,(H2,18,19,20). The number of aryl methyl sites for hydroxylation is 2. The van der Waals surface area contributed by atoms with Crippen LogP contribution in [0.25, 0.3) is 0 Å². The third kappa shape index (κ3) is 3.75. The molecule has 0 aliphatic heterocycles. The maximum Gasteiger partial charge on any atom is 0.319 e. The highest BCUT2D eigenvalue weighted by Gasteiger charge is 2.08. The van der Waals surface area contributed by atoms with Crippen LogP contribution in [-0.2, 0) is 6.54 Å². The van der Waals surface area contributed by atoms with Crippen molar-refractivity contribution in [3.8, 4) is 5.75 Å². The fourth-order valence-corrected chi connectivity index (χ4v) is 2.19. The van der Waals surface area contributed by atoms with Gasteiger partial charge >= 0.3 is 6.03 Å².